The van der Waals surface area contributed by atoms with Crippen LogP contribution in [0.25, 0.3) is 0 Å². The van der Waals surface area contributed by atoms with E-state index in [4.69, 9.17) is 4.99 Å². The summed E-state index contributed by atoms with van der Waals surface area (Å²) in [5.74, 6) is 0.889. The Morgan fingerprint density at radius 3 is 2.32 bits per heavy atom. The molecule has 1 saturated heterocycles. The molecular formula is C18H38IN5O. The van der Waals surface area contributed by atoms with E-state index < -0.39 is 0 Å². The van der Waals surface area contributed by atoms with Gasteiger partial charge in [0.2, 0.25) is 5.91 Å². The number of likely N-dealkylation sites (tertiary alicyclic amines) is 1. The number of hydrogen-bond acceptors (Lipinski definition) is 3. The maximum atomic E-state index is 11.6. The van der Waals surface area contributed by atoms with Gasteiger partial charge in [-0.3, -0.25) is 14.7 Å². The van der Waals surface area contributed by atoms with Crippen LogP contribution >= 0.6 is 24.0 Å². The maximum Gasteiger partial charge on any atom is 0.221 e. The lowest BCUT2D eigenvalue weighted by Gasteiger charge is -2.40. The van der Waals surface area contributed by atoms with Crippen LogP contribution in [0.2, 0.25) is 0 Å². The van der Waals surface area contributed by atoms with Crippen LogP contribution in [0.5, 0.6) is 0 Å². The Morgan fingerprint density at radius 2 is 1.72 bits per heavy atom. The van der Waals surface area contributed by atoms with Crippen molar-refractivity contribution in [2.24, 2.45) is 4.99 Å². The van der Waals surface area contributed by atoms with Crippen molar-refractivity contribution in [3.05, 3.63) is 0 Å². The van der Waals surface area contributed by atoms with Gasteiger partial charge in [0.25, 0.3) is 0 Å². The van der Waals surface area contributed by atoms with E-state index in [-0.39, 0.29) is 35.4 Å². The first-order chi connectivity index (χ1) is 11.5. The highest BCUT2D eigenvalue weighted by atomic mass is 127. The molecule has 0 aliphatic carbocycles. The van der Waals surface area contributed by atoms with E-state index in [1.807, 2.05) is 0 Å². The van der Waals surface area contributed by atoms with Gasteiger partial charge in [-0.15, -0.1) is 24.0 Å². The molecule has 25 heavy (non-hydrogen) atoms. The summed E-state index contributed by atoms with van der Waals surface area (Å²) >= 11 is 0. The van der Waals surface area contributed by atoms with E-state index in [9.17, 15) is 4.79 Å². The highest BCUT2D eigenvalue weighted by Crippen LogP contribution is 2.20. The normalized spacial score (nSPS) is 16.1. The Labute approximate surface area is 171 Å². The second kappa shape index (κ2) is 13.6. The average molecular weight is 467 g/mol. The standard InChI is InChI=1S/C18H37N5O.HI/c1-5-11-20-16(24)10-12-21-17(19-6-2)22-15-18(3,4)23-13-8-7-9-14-23;/h5-15H2,1-4H3,(H,20,24)(H2,19,21,22);1H. The monoisotopic (exact) mass is 467 g/mol. The zero-order chi connectivity index (χ0) is 17.8. The summed E-state index contributed by atoms with van der Waals surface area (Å²) in [6, 6.07) is 0. The van der Waals surface area contributed by atoms with Crippen molar-refractivity contribution in [1.82, 2.24) is 20.9 Å². The molecule has 0 aromatic heterocycles. The quantitative estimate of drug-likeness (QED) is 0.277. The molecular weight excluding hydrogens is 429 g/mol. The Kier molecular flexibility index (Phi) is 13.3. The Hall–Kier alpha value is -0.570. The minimum atomic E-state index is 0. The zero-order valence-electron chi connectivity index (χ0n) is 16.5. The van der Waals surface area contributed by atoms with Gasteiger partial charge in [-0.25, -0.2) is 0 Å². The van der Waals surface area contributed by atoms with E-state index >= 15 is 0 Å². The molecule has 0 atom stereocenters. The number of aliphatic imine (C=N–C) groups is 1. The number of nitrogens with one attached hydrogen (secondary N) is 3. The smallest absolute Gasteiger partial charge is 0.221 e. The summed E-state index contributed by atoms with van der Waals surface area (Å²) in [6.45, 7) is 13.9. The molecule has 1 heterocycles. The molecule has 6 nitrogen and oxygen atoms in total. The molecule has 1 rings (SSSR count). The van der Waals surface area contributed by atoms with E-state index in [1.165, 1.54) is 32.4 Å². The van der Waals surface area contributed by atoms with Gasteiger partial charge in [0.15, 0.2) is 5.96 Å². The second-order valence-corrected chi connectivity index (χ2v) is 7.08. The summed E-state index contributed by atoms with van der Waals surface area (Å²) in [5.41, 5.74) is 0.0707. The van der Waals surface area contributed by atoms with E-state index in [0.29, 0.717) is 13.0 Å². The highest BCUT2D eigenvalue weighted by Gasteiger charge is 2.27. The van der Waals surface area contributed by atoms with Crippen molar-refractivity contribution in [3.8, 4) is 0 Å². The topological polar surface area (TPSA) is 68.8 Å². The lowest BCUT2D eigenvalue weighted by Crippen LogP contribution is -2.49. The third-order valence-corrected chi connectivity index (χ3v) is 4.40. The van der Waals surface area contributed by atoms with Gasteiger partial charge in [-0.05, 0) is 53.1 Å². The molecule has 7 heteroatoms. The molecule has 0 saturated carbocycles. The van der Waals surface area contributed by atoms with Crippen molar-refractivity contribution in [1.29, 1.82) is 0 Å². The van der Waals surface area contributed by atoms with Gasteiger partial charge in [0.05, 0.1) is 6.54 Å². The van der Waals surface area contributed by atoms with E-state index in [0.717, 1.165) is 32.0 Å². The van der Waals surface area contributed by atoms with Crippen LogP contribution in [0.4, 0.5) is 0 Å². The summed E-state index contributed by atoms with van der Waals surface area (Å²) in [6.07, 6.45) is 5.37. The third-order valence-electron chi connectivity index (χ3n) is 4.40. The largest absolute Gasteiger partial charge is 0.357 e. The maximum absolute atomic E-state index is 11.6. The van der Waals surface area contributed by atoms with Crippen LogP contribution in [0.15, 0.2) is 4.99 Å². The summed E-state index contributed by atoms with van der Waals surface area (Å²) < 4.78 is 0. The first-order valence-electron chi connectivity index (χ1n) is 9.53. The molecule has 1 fully saturated rings. The van der Waals surface area contributed by atoms with Crippen LogP contribution in [-0.2, 0) is 4.79 Å². The van der Waals surface area contributed by atoms with Gasteiger partial charge in [-0.2, -0.15) is 0 Å². The van der Waals surface area contributed by atoms with Crippen molar-refractivity contribution in [2.45, 2.75) is 65.3 Å². The molecule has 1 amide bonds. The molecule has 0 aromatic carbocycles. The Balaban J connectivity index is 0.00000576. The van der Waals surface area contributed by atoms with E-state index in [2.05, 4.69) is 48.5 Å². The Morgan fingerprint density at radius 1 is 1.04 bits per heavy atom. The van der Waals surface area contributed by atoms with Crippen LogP contribution < -0.4 is 16.0 Å². The molecule has 3 N–H and O–H groups in total. The fourth-order valence-corrected chi connectivity index (χ4v) is 2.86. The fourth-order valence-electron chi connectivity index (χ4n) is 2.86. The zero-order valence-corrected chi connectivity index (χ0v) is 18.8. The minimum absolute atomic E-state index is 0. The number of carbonyl (C=O) groups is 1. The number of amides is 1. The van der Waals surface area contributed by atoms with Crippen LogP contribution in [0.3, 0.4) is 0 Å². The number of piperidine rings is 1. The lowest BCUT2D eigenvalue weighted by molar-refractivity contribution is -0.120. The van der Waals surface area contributed by atoms with Crippen LogP contribution in [0, 0.1) is 0 Å². The average Bonchev–Trinajstić information content (AvgIpc) is 2.58. The Bertz CT molecular complexity index is 395. The summed E-state index contributed by atoms with van der Waals surface area (Å²) in [5, 5.41) is 9.42. The highest BCUT2D eigenvalue weighted by molar-refractivity contribution is 14.0. The number of nitrogens with zero attached hydrogens (tertiary/aromatic N) is 2. The third kappa shape index (κ3) is 10.2. The van der Waals surface area contributed by atoms with Crippen molar-refractivity contribution in [2.75, 3.05) is 39.3 Å². The predicted octanol–water partition coefficient (Wildman–Crippen LogP) is 2.34. The number of guanidine groups is 1. The molecule has 0 aromatic rings. The molecule has 0 unspecified atom stereocenters. The van der Waals surface area contributed by atoms with Crippen LogP contribution in [-0.4, -0.2) is 61.6 Å². The van der Waals surface area contributed by atoms with Gasteiger partial charge >= 0.3 is 0 Å². The lowest BCUT2D eigenvalue weighted by atomic mass is 9.99. The first kappa shape index (κ1) is 24.4. The van der Waals surface area contributed by atoms with Crippen molar-refractivity contribution < 1.29 is 4.79 Å². The number of hydrogen-bond donors (Lipinski definition) is 3. The van der Waals surface area contributed by atoms with E-state index in [1.54, 1.807) is 0 Å². The second-order valence-electron chi connectivity index (χ2n) is 7.08. The van der Waals surface area contributed by atoms with Gasteiger partial charge in [0.1, 0.15) is 0 Å². The molecule has 1 aliphatic rings. The summed E-state index contributed by atoms with van der Waals surface area (Å²) in [7, 11) is 0. The molecule has 148 valence electrons. The number of halogens is 1. The first-order valence-corrected chi connectivity index (χ1v) is 9.53. The van der Waals surface area contributed by atoms with Crippen molar-refractivity contribution >= 4 is 35.8 Å². The molecule has 0 radical (unpaired) electrons. The molecule has 0 bridgehead atoms. The minimum Gasteiger partial charge on any atom is -0.357 e. The van der Waals surface area contributed by atoms with Crippen LogP contribution in [0.1, 0.15) is 59.8 Å². The fraction of sp³-hybridized carbons (Fsp3) is 0.889. The molecule has 0 spiro atoms. The van der Waals surface area contributed by atoms with Gasteiger partial charge in [-0.1, -0.05) is 13.3 Å². The molecule has 1 aliphatic heterocycles. The van der Waals surface area contributed by atoms with Gasteiger partial charge < -0.3 is 16.0 Å². The SMILES string of the molecule is CCCNC(=O)CCNC(=NCC(C)(C)N1CCCCC1)NCC.I. The van der Waals surface area contributed by atoms with Gasteiger partial charge in [0, 0.05) is 31.6 Å². The number of carbonyl (C=O) groups excluding carboxylic acids is 1. The van der Waals surface area contributed by atoms with Crippen molar-refractivity contribution in [3.63, 3.8) is 0 Å². The number of rotatable bonds is 9. The predicted molar refractivity (Wildman–Crippen MR) is 117 cm³/mol. The summed E-state index contributed by atoms with van der Waals surface area (Å²) in [4.78, 5) is 18.9.